The van der Waals surface area contributed by atoms with Crippen LogP contribution in [0.1, 0.15) is 23.2 Å². The van der Waals surface area contributed by atoms with Crippen LogP contribution in [0.3, 0.4) is 0 Å². The van der Waals surface area contributed by atoms with E-state index in [-0.39, 0.29) is 5.91 Å². The molecule has 0 radical (unpaired) electrons. The van der Waals surface area contributed by atoms with Crippen molar-refractivity contribution < 1.29 is 4.79 Å². The Hall–Kier alpha value is -2.15. The quantitative estimate of drug-likeness (QED) is 0.619. The van der Waals surface area contributed by atoms with E-state index in [1.807, 2.05) is 0 Å². The molecule has 4 heteroatoms. The highest BCUT2D eigenvalue weighted by Crippen LogP contribution is 2.30. The lowest BCUT2D eigenvalue weighted by atomic mass is 10.1. The number of nitrogen functional groups attached to an aromatic ring is 2. The zero-order valence-electron chi connectivity index (χ0n) is 10.2. The second kappa shape index (κ2) is 5.01. The largest absolute Gasteiger partial charge is 0.399 e. The van der Waals surface area contributed by atoms with Crippen LogP contribution in [0.2, 0.25) is 0 Å². The van der Waals surface area contributed by atoms with Gasteiger partial charge in [-0.3, -0.25) is 4.79 Å². The lowest BCUT2D eigenvalue weighted by Crippen LogP contribution is -2.33. The van der Waals surface area contributed by atoms with E-state index >= 15 is 0 Å². The average Bonchev–Trinajstić information content (AvgIpc) is 3.11. The molecule has 0 bridgehead atoms. The van der Waals surface area contributed by atoms with E-state index in [9.17, 15) is 4.79 Å². The molecule has 18 heavy (non-hydrogen) atoms. The number of rotatable bonds is 4. The molecule has 0 aromatic heterocycles. The number of carbonyl (C=O) groups is 1. The van der Waals surface area contributed by atoms with Gasteiger partial charge in [0, 0.05) is 17.9 Å². The van der Waals surface area contributed by atoms with Gasteiger partial charge in [0.15, 0.2) is 0 Å². The van der Waals surface area contributed by atoms with Gasteiger partial charge < -0.3 is 16.4 Å². The average molecular weight is 243 g/mol. The molecule has 1 aromatic carbocycles. The van der Waals surface area contributed by atoms with Crippen LogP contribution in [-0.4, -0.2) is 23.9 Å². The molecule has 4 N–H and O–H groups in total. The number of anilines is 2. The van der Waals surface area contributed by atoms with Crippen LogP contribution >= 0.6 is 0 Å². The Kier molecular flexibility index (Phi) is 3.42. The second-order valence-electron chi connectivity index (χ2n) is 4.68. The summed E-state index contributed by atoms with van der Waals surface area (Å²) >= 11 is 0. The third-order valence-electron chi connectivity index (χ3n) is 3.05. The van der Waals surface area contributed by atoms with E-state index in [1.54, 1.807) is 23.1 Å². The third-order valence-corrected chi connectivity index (χ3v) is 3.05. The lowest BCUT2D eigenvalue weighted by molar-refractivity contribution is 0.0771. The molecule has 1 amide bonds. The SMILES string of the molecule is C#CCN(CC1CC1)C(=O)c1ccc(N)cc1N. The Morgan fingerprint density at radius 1 is 1.44 bits per heavy atom. The number of carbonyl (C=O) groups excluding carboxylic acids is 1. The number of hydrogen-bond acceptors (Lipinski definition) is 3. The second-order valence-corrected chi connectivity index (χ2v) is 4.68. The summed E-state index contributed by atoms with van der Waals surface area (Å²) in [6.45, 7) is 1.03. The first-order chi connectivity index (χ1) is 8.61. The Morgan fingerprint density at radius 3 is 2.72 bits per heavy atom. The molecule has 0 spiro atoms. The first kappa shape index (κ1) is 12.3. The molecule has 2 rings (SSSR count). The lowest BCUT2D eigenvalue weighted by Gasteiger charge is -2.21. The number of terminal acetylenes is 1. The maximum absolute atomic E-state index is 12.3. The number of nitrogens with two attached hydrogens (primary N) is 2. The molecule has 0 unspecified atom stereocenters. The summed E-state index contributed by atoms with van der Waals surface area (Å²) < 4.78 is 0. The van der Waals surface area contributed by atoms with Crippen molar-refractivity contribution >= 4 is 17.3 Å². The van der Waals surface area contributed by atoms with Gasteiger partial charge in [0.1, 0.15) is 0 Å². The highest BCUT2D eigenvalue weighted by molar-refractivity contribution is 5.99. The number of hydrogen-bond donors (Lipinski definition) is 2. The van der Waals surface area contributed by atoms with Gasteiger partial charge >= 0.3 is 0 Å². The Bertz CT molecular complexity index is 500. The van der Waals surface area contributed by atoms with Crippen LogP contribution in [0.25, 0.3) is 0 Å². The zero-order chi connectivity index (χ0) is 13.1. The monoisotopic (exact) mass is 243 g/mol. The van der Waals surface area contributed by atoms with Gasteiger partial charge in [0.05, 0.1) is 12.1 Å². The van der Waals surface area contributed by atoms with Crippen molar-refractivity contribution in [1.82, 2.24) is 4.90 Å². The van der Waals surface area contributed by atoms with E-state index in [0.717, 1.165) is 0 Å². The molecule has 1 saturated carbocycles. The highest BCUT2D eigenvalue weighted by atomic mass is 16.2. The van der Waals surface area contributed by atoms with E-state index in [1.165, 1.54) is 12.8 Å². The first-order valence-corrected chi connectivity index (χ1v) is 5.99. The Morgan fingerprint density at radius 2 is 2.17 bits per heavy atom. The number of nitrogens with zero attached hydrogens (tertiary/aromatic N) is 1. The van der Waals surface area contributed by atoms with Gasteiger partial charge in [-0.2, -0.15) is 0 Å². The van der Waals surface area contributed by atoms with Crippen molar-refractivity contribution in [3.05, 3.63) is 23.8 Å². The van der Waals surface area contributed by atoms with Gasteiger partial charge in [-0.25, -0.2) is 0 Å². The minimum absolute atomic E-state index is 0.114. The molecule has 1 aliphatic rings. The van der Waals surface area contributed by atoms with Crippen molar-refractivity contribution in [2.24, 2.45) is 5.92 Å². The molecule has 0 aliphatic heterocycles. The molecular formula is C14H17N3O. The topological polar surface area (TPSA) is 72.3 Å². The molecule has 94 valence electrons. The van der Waals surface area contributed by atoms with Gasteiger partial charge in [0.25, 0.3) is 5.91 Å². The molecule has 0 atom stereocenters. The Balaban J connectivity index is 2.18. The van der Waals surface area contributed by atoms with Crippen LogP contribution in [0.15, 0.2) is 18.2 Å². The van der Waals surface area contributed by atoms with Gasteiger partial charge in [-0.15, -0.1) is 6.42 Å². The summed E-state index contributed by atoms with van der Waals surface area (Å²) in [7, 11) is 0. The maximum atomic E-state index is 12.3. The third kappa shape index (κ3) is 2.75. The summed E-state index contributed by atoms with van der Waals surface area (Å²) in [6.07, 6.45) is 7.65. The molecule has 1 aromatic rings. The van der Waals surface area contributed by atoms with Gasteiger partial charge in [0.2, 0.25) is 0 Å². The van der Waals surface area contributed by atoms with Crippen molar-refractivity contribution in [3.8, 4) is 12.3 Å². The van der Waals surface area contributed by atoms with Crippen LogP contribution in [0, 0.1) is 18.3 Å². The highest BCUT2D eigenvalue weighted by Gasteiger charge is 2.27. The van der Waals surface area contributed by atoms with E-state index in [4.69, 9.17) is 17.9 Å². The van der Waals surface area contributed by atoms with Crippen LogP contribution in [0.4, 0.5) is 11.4 Å². The fourth-order valence-electron chi connectivity index (χ4n) is 1.89. The first-order valence-electron chi connectivity index (χ1n) is 5.99. The van der Waals surface area contributed by atoms with Crippen LogP contribution in [0.5, 0.6) is 0 Å². The zero-order valence-corrected chi connectivity index (χ0v) is 10.2. The molecule has 1 aliphatic carbocycles. The number of benzene rings is 1. The van der Waals surface area contributed by atoms with E-state index < -0.39 is 0 Å². The van der Waals surface area contributed by atoms with Gasteiger partial charge in [-0.1, -0.05) is 5.92 Å². The summed E-state index contributed by atoms with van der Waals surface area (Å²) in [5.41, 5.74) is 12.9. The minimum Gasteiger partial charge on any atom is -0.399 e. The number of amides is 1. The maximum Gasteiger partial charge on any atom is 0.256 e. The summed E-state index contributed by atoms with van der Waals surface area (Å²) in [4.78, 5) is 14.0. The Labute approximate surface area is 107 Å². The summed E-state index contributed by atoms with van der Waals surface area (Å²) in [5, 5.41) is 0. The smallest absolute Gasteiger partial charge is 0.256 e. The fourth-order valence-corrected chi connectivity index (χ4v) is 1.89. The van der Waals surface area contributed by atoms with Gasteiger partial charge in [-0.05, 0) is 37.0 Å². The standard InChI is InChI=1S/C14H17N3O/c1-2-7-17(9-10-3-4-10)14(18)12-6-5-11(15)8-13(12)16/h1,5-6,8,10H,3-4,7,9,15-16H2. The normalized spacial score (nSPS) is 13.9. The predicted octanol–water partition coefficient (Wildman–Crippen LogP) is 1.34. The van der Waals surface area contributed by atoms with Crippen LogP contribution < -0.4 is 11.5 Å². The predicted molar refractivity (Wildman–Crippen MR) is 72.7 cm³/mol. The summed E-state index contributed by atoms with van der Waals surface area (Å²) in [6, 6.07) is 4.93. The van der Waals surface area contributed by atoms with Crippen molar-refractivity contribution in [1.29, 1.82) is 0 Å². The molecule has 4 nitrogen and oxygen atoms in total. The van der Waals surface area contributed by atoms with Crippen LogP contribution in [-0.2, 0) is 0 Å². The van der Waals surface area contributed by atoms with Crippen molar-refractivity contribution in [2.75, 3.05) is 24.6 Å². The van der Waals surface area contributed by atoms with Crippen molar-refractivity contribution in [3.63, 3.8) is 0 Å². The van der Waals surface area contributed by atoms with E-state index in [0.29, 0.717) is 35.9 Å². The van der Waals surface area contributed by atoms with Crippen molar-refractivity contribution in [2.45, 2.75) is 12.8 Å². The molecular weight excluding hydrogens is 226 g/mol. The fraction of sp³-hybridized carbons (Fsp3) is 0.357. The minimum atomic E-state index is -0.114. The molecule has 0 heterocycles. The molecule has 1 fully saturated rings. The van der Waals surface area contributed by atoms with E-state index in [2.05, 4.69) is 5.92 Å². The molecule has 0 saturated heterocycles. The summed E-state index contributed by atoms with van der Waals surface area (Å²) in [5.74, 6) is 3.00.